The zero-order valence-electron chi connectivity index (χ0n) is 13.8. The number of carbonyl (C=O) groups is 3. The molecule has 24 heavy (non-hydrogen) atoms. The molecule has 0 radical (unpaired) electrons. The number of amides is 1. The Bertz CT molecular complexity index is 556. The third-order valence-electron chi connectivity index (χ3n) is 3.33. The minimum absolute atomic E-state index is 0.00301. The van der Waals surface area contributed by atoms with E-state index in [1.807, 2.05) is 30.3 Å². The first kappa shape index (κ1) is 19.4. The minimum atomic E-state index is -0.911. The van der Waals surface area contributed by atoms with Crippen molar-refractivity contribution in [1.29, 1.82) is 0 Å². The highest BCUT2D eigenvalue weighted by atomic mass is 16.6. The van der Waals surface area contributed by atoms with Gasteiger partial charge in [0.15, 0.2) is 0 Å². The lowest BCUT2D eigenvalue weighted by Crippen LogP contribution is -2.42. The van der Waals surface area contributed by atoms with Crippen LogP contribution in [0.25, 0.3) is 0 Å². The third kappa shape index (κ3) is 7.58. The lowest BCUT2D eigenvalue weighted by molar-refractivity contribution is -0.143. The summed E-state index contributed by atoms with van der Waals surface area (Å²) in [7, 11) is 1.23. The SMILES string of the molecule is C=CCCC(=O)CC[C@@H](NC(=O)OCc1ccccc1)C(=O)OC. The Labute approximate surface area is 141 Å². The second kappa shape index (κ2) is 11.0. The molecule has 6 nitrogen and oxygen atoms in total. The molecule has 0 fully saturated rings. The molecule has 1 amide bonds. The first-order chi connectivity index (χ1) is 11.6. The Hall–Kier alpha value is -2.63. The van der Waals surface area contributed by atoms with Crippen molar-refractivity contribution < 1.29 is 23.9 Å². The quantitative estimate of drug-likeness (QED) is 0.526. The summed E-state index contributed by atoms with van der Waals surface area (Å²) in [6, 6.07) is 8.27. The van der Waals surface area contributed by atoms with E-state index in [0.717, 1.165) is 5.56 Å². The smallest absolute Gasteiger partial charge is 0.408 e. The second-order valence-electron chi connectivity index (χ2n) is 5.19. The Morgan fingerprint density at radius 3 is 2.54 bits per heavy atom. The molecule has 6 heteroatoms. The van der Waals surface area contributed by atoms with Crippen LogP contribution in [0.3, 0.4) is 0 Å². The standard InChI is InChI=1S/C18H23NO5/c1-3-4-10-15(20)11-12-16(17(21)23-2)19-18(22)24-13-14-8-6-5-7-9-14/h3,5-9,16H,1,4,10-13H2,2H3,(H,19,22)/t16-/m1/s1. The summed E-state index contributed by atoms with van der Waals surface area (Å²) in [5.74, 6) is -0.605. The van der Waals surface area contributed by atoms with Gasteiger partial charge in [-0.3, -0.25) is 4.79 Å². The number of Topliss-reactive ketones (excluding diaryl/α,β-unsaturated/α-hetero) is 1. The maximum atomic E-state index is 11.8. The Balaban J connectivity index is 2.46. The van der Waals surface area contributed by atoms with Crippen LogP contribution < -0.4 is 5.32 Å². The van der Waals surface area contributed by atoms with Crippen molar-refractivity contribution in [1.82, 2.24) is 5.32 Å². The van der Waals surface area contributed by atoms with Crippen molar-refractivity contribution in [3.63, 3.8) is 0 Å². The van der Waals surface area contributed by atoms with E-state index >= 15 is 0 Å². The van der Waals surface area contributed by atoms with Crippen LogP contribution in [0.4, 0.5) is 4.79 Å². The van der Waals surface area contributed by atoms with Gasteiger partial charge in [-0.2, -0.15) is 0 Å². The summed E-state index contributed by atoms with van der Waals surface area (Å²) in [5.41, 5.74) is 0.835. The maximum Gasteiger partial charge on any atom is 0.408 e. The number of hydrogen-bond acceptors (Lipinski definition) is 5. The molecule has 0 aromatic heterocycles. The van der Waals surface area contributed by atoms with Gasteiger partial charge in [0, 0.05) is 12.8 Å². The normalized spacial score (nSPS) is 11.2. The zero-order valence-corrected chi connectivity index (χ0v) is 13.8. The number of hydrogen-bond donors (Lipinski definition) is 1. The summed E-state index contributed by atoms with van der Waals surface area (Å²) >= 11 is 0. The molecular formula is C18H23NO5. The average Bonchev–Trinajstić information content (AvgIpc) is 2.61. The number of benzene rings is 1. The highest BCUT2D eigenvalue weighted by Crippen LogP contribution is 2.06. The molecule has 1 aromatic carbocycles. The number of ketones is 1. The van der Waals surface area contributed by atoms with Crippen LogP contribution in [0.5, 0.6) is 0 Å². The molecule has 0 aliphatic heterocycles. The molecule has 0 spiro atoms. The van der Waals surface area contributed by atoms with Crippen molar-refractivity contribution in [2.24, 2.45) is 0 Å². The van der Waals surface area contributed by atoms with E-state index < -0.39 is 18.1 Å². The third-order valence-corrected chi connectivity index (χ3v) is 3.33. The minimum Gasteiger partial charge on any atom is -0.467 e. The Kier molecular flexibility index (Phi) is 8.89. The zero-order chi connectivity index (χ0) is 17.8. The molecule has 0 saturated carbocycles. The van der Waals surface area contributed by atoms with E-state index in [2.05, 4.69) is 16.6 Å². The van der Waals surface area contributed by atoms with Crippen LogP contribution in [0.15, 0.2) is 43.0 Å². The first-order valence-electron chi connectivity index (χ1n) is 7.74. The molecule has 0 bridgehead atoms. The number of alkyl carbamates (subject to hydrolysis) is 1. The molecular weight excluding hydrogens is 310 g/mol. The fraction of sp³-hybridized carbons (Fsp3) is 0.389. The van der Waals surface area contributed by atoms with E-state index in [-0.39, 0.29) is 25.2 Å². The summed E-state index contributed by atoms with van der Waals surface area (Å²) in [6.07, 6.45) is 2.24. The summed E-state index contributed by atoms with van der Waals surface area (Å²) < 4.78 is 9.72. The number of nitrogens with one attached hydrogen (secondary N) is 1. The number of methoxy groups -OCH3 is 1. The van der Waals surface area contributed by atoms with Crippen LogP contribution in [-0.4, -0.2) is 31.0 Å². The van der Waals surface area contributed by atoms with Crippen molar-refractivity contribution in [2.75, 3.05) is 7.11 Å². The van der Waals surface area contributed by atoms with Gasteiger partial charge in [-0.1, -0.05) is 36.4 Å². The molecule has 0 heterocycles. The van der Waals surface area contributed by atoms with E-state index in [9.17, 15) is 14.4 Å². The van der Waals surface area contributed by atoms with Crippen LogP contribution in [0, 0.1) is 0 Å². The highest BCUT2D eigenvalue weighted by molar-refractivity contribution is 5.83. The first-order valence-corrected chi connectivity index (χ1v) is 7.74. The molecule has 1 N–H and O–H groups in total. The topological polar surface area (TPSA) is 81.7 Å². The van der Waals surface area contributed by atoms with Crippen LogP contribution >= 0.6 is 0 Å². The van der Waals surface area contributed by atoms with Gasteiger partial charge < -0.3 is 14.8 Å². The molecule has 1 aromatic rings. The van der Waals surface area contributed by atoms with Gasteiger partial charge in [-0.25, -0.2) is 9.59 Å². The fourth-order valence-corrected chi connectivity index (χ4v) is 1.99. The molecule has 0 saturated heterocycles. The number of ether oxygens (including phenoxy) is 2. The van der Waals surface area contributed by atoms with Crippen LogP contribution in [0.2, 0.25) is 0 Å². The van der Waals surface area contributed by atoms with Gasteiger partial charge in [0.1, 0.15) is 18.4 Å². The van der Waals surface area contributed by atoms with Crippen LogP contribution in [0.1, 0.15) is 31.2 Å². The number of rotatable bonds is 10. The van der Waals surface area contributed by atoms with Gasteiger partial charge in [0.05, 0.1) is 7.11 Å². The van der Waals surface area contributed by atoms with Gasteiger partial charge >= 0.3 is 12.1 Å². The lowest BCUT2D eigenvalue weighted by Gasteiger charge is -2.16. The monoisotopic (exact) mass is 333 g/mol. The van der Waals surface area contributed by atoms with E-state index in [0.29, 0.717) is 12.8 Å². The Morgan fingerprint density at radius 1 is 1.21 bits per heavy atom. The van der Waals surface area contributed by atoms with E-state index in [1.165, 1.54) is 7.11 Å². The number of carbonyl (C=O) groups excluding carboxylic acids is 3. The summed E-state index contributed by atoms with van der Waals surface area (Å²) in [4.78, 5) is 35.2. The van der Waals surface area contributed by atoms with Crippen molar-refractivity contribution >= 4 is 17.8 Å². The van der Waals surface area contributed by atoms with Crippen molar-refractivity contribution in [2.45, 2.75) is 38.3 Å². The predicted octanol–water partition coefficient (Wildman–Crippen LogP) is 2.77. The largest absolute Gasteiger partial charge is 0.467 e. The lowest BCUT2D eigenvalue weighted by atomic mass is 10.1. The average molecular weight is 333 g/mol. The molecule has 1 atom stereocenters. The number of allylic oxidation sites excluding steroid dienone is 1. The van der Waals surface area contributed by atoms with Crippen molar-refractivity contribution in [3.05, 3.63) is 48.6 Å². The molecule has 1 rings (SSSR count). The fourth-order valence-electron chi connectivity index (χ4n) is 1.99. The van der Waals surface area contributed by atoms with Gasteiger partial charge in [-0.05, 0) is 18.4 Å². The van der Waals surface area contributed by atoms with Gasteiger partial charge in [0.25, 0.3) is 0 Å². The van der Waals surface area contributed by atoms with Gasteiger partial charge in [-0.15, -0.1) is 6.58 Å². The maximum absolute atomic E-state index is 11.8. The second-order valence-corrected chi connectivity index (χ2v) is 5.19. The van der Waals surface area contributed by atoms with E-state index in [1.54, 1.807) is 6.08 Å². The molecule has 130 valence electrons. The highest BCUT2D eigenvalue weighted by Gasteiger charge is 2.23. The Morgan fingerprint density at radius 2 is 1.92 bits per heavy atom. The predicted molar refractivity (Wildman–Crippen MR) is 89.2 cm³/mol. The molecule has 0 aliphatic carbocycles. The van der Waals surface area contributed by atoms with Crippen molar-refractivity contribution in [3.8, 4) is 0 Å². The number of esters is 1. The van der Waals surface area contributed by atoms with Crippen LogP contribution in [-0.2, 0) is 25.7 Å². The van der Waals surface area contributed by atoms with E-state index in [4.69, 9.17) is 4.74 Å². The molecule has 0 unspecified atom stereocenters. The summed E-state index contributed by atoms with van der Waals surface area (Å²) in [6.45, 7) is 3.65. The van der Waals surface area contributed by atoms with Gasteiger partial charge in [0.2, 0.25) is 0 Å². The summed E-state index contributed by atoms with van der Waals surface area (Å²) in [5, 5.41) is 2.44. The molecule has 0 aliphatic rings.